The van der Waals surface area contributed by atoms with Crippen LogP contribution in [0, 0.1) is 0 Å². The minimum absolute atomic E-state index is 0.563. The maximum Gasteiger partial charge on any atom is 0.238 e. The van der Waals surface area contributed by atoms with Gasteiger partial charge in [-0.15, -0.1) is 0 Å². The first-order chi connectivity index (χ1) is 30.7. The van der Waals surface area contributed by atoms with E-state index in [1.165, 1.54) is 21.9 Å². The Morgan fingerprint density at radius 1 is 0.258 bits per heavy atom. The molecule has 12 aromatic rings. The summed E-state index contributed by atoms with van der Waals surface area (Å²) in [5.41, 5.74) is 13.5. The molecule has 0 radical (unpaired) electrons. The highest BCUT2D eigenvalue weighted by Gasteiger charge is 2.21. The SMILES string of the molecule is c1ccc(-c2cccc(-c3cccc(-c4cccc(-n5c6ccccc6c6cc7c8ccccc8n(-c8nc(-c9ccccc9)nc(-c9ccccc9)n8)c7cc65)c4)n3)c2)cc1. The monoisotopic (exact) mass is 792 g/mol. The van der Waals surface area contributed by atoms with E-state index in [0.29, 0.717) is 17.6 Å². The topological polar surface area (TPSA) is 61.4 Å². The molecule has 12 rings (SSSR count). The van der Waals surface area contributed by atoms with Gasteiger partial charge in [-0.3, -0.25) is 4.57 Å². The van der Waals surface area contributed by atoms with Crippen molar-refractivity contribution < 1.29 is 0 Å². The summed E-state index contributed by atoms with van der Waals surface area (Å²) in [6.07, 6.45) is 0. The predicted octanol–water partition coefficient (Wildman–Crippen LogP) is 13.8. The standard InChI is InChI=1S/C56H36N6/c1-4-17-37(18-5-1)40-23-14-24-41(33-40)48-29-16-30-49(57-48)42-25-15-26-43(34-42)61-50-31-12-10-27-44(50)46-35-47-45-28-11-13-32-51(45)62(53(47)36-52(46)61)56-59-54(38-19-6-2-7-20-38)58-55(60-56)39-21-8-3-9-22-39/h1-36H. The lowest BCUT2D eigenvalue weighted by molar-refractivity contribution is 0.953. The van der Waals surface area contributed by atoms with Crippen molar-refractivity contribution in [3.8, 4) is 68.1 Å². The quantitative estimate of drug-likeness (QED) is 0.161. The summed E-state index contributed by atoms with van der Waals surface area (Å²) >= 11 is 0. The third-order valence-electron chi connectivity index (χ3n) is 11.8. The Hall–Kier alpha value is -8.48. The van der Waals surface area contributed by atoms with Gasteiger partial charge in [-0.25, -0.2) is 9.97 Å². The van der Waals surface area contributed by atoms with E-state index in [1.807, 2.05) is 66.7 Å². The van der Waals surface area contributed by atoms with Crippen molar-refractivity contribution in [2.75, 3.05) is 0 Å². The van der Waals surface area contributed by atoms with E-state index in [9.17, 15) is 0 Å². The first-order valence-electron chi connectivity index (χ1n) is 20.8. The van der Waals surface area contributed by atoms with Crippen LogP contribution in [-0.4, -0.2) is 29.1 Å². The van der Waals surface area contributed by atoms with E-state index < -0.39 is 0 Å². The van der Waals surface area contributed by atoms with Crippen LogP contribution >= 0.6 is 0 Å². The Kier molecular flexibility index (Phi) is 8.38. The normalized spacial score (nSPS) is 11.5. The van der Waals surface area contributed by atoms with Crippen LogP contribution in [0.1, 0.15) is 0 Å². The molecule has 0 amide bonds. The molecule has 0 unspecified atom stereocenters. The molecule has 6 nitrogen and oxygen atoms in total. The average molecular weight is 793 g/mol. The second-order valence-electron chi connectivity index (χ2n) is 15.5. The smallest absolute Gasteiger partial charge is 0.238 e. The molecule has 0 N–H and O–H groups in total. The van der Waals surface area contributed by atoms with Crippen LogP contribution in [-0.2, 0) is 0 Å². The van der Waals surface area contributed by atoms with Crippen LogP contribution in [0.3, 0.4) is 0 Å². The number of nitrogens with zero attached hydrogens (tertiary/aromatic N) is 6. The van der Waals surface area contributed by atoms with Gasteiger partial charge in [0.25, 0.3) is 0 Å². The summed E-state index contributed by atoms with van der Waals surface area (Å²) in [4.78, 5) is 20.6. The molecule has 0 saturated heterocycles. The Labute approximate surface area is 357 Å². The van der Waals surface area contributed by atoms with Crippen molar-refractivity contribution in [1.29, 1.82) is 0 Å². The molecule has 0 fully saturated rings. The van der Waals surface area contributed by atoms with Crippen molar-refractivity contribution >= 4 is 43.6 Å². The molecule has 62 heavy (non-hydrogen) atoms. The van der Waals surface area contributed by atoms with Crippen molar-refractivity contribution in [3.63, 3.8) is 0 Å². The van der Waals surface area contributed by atoms with Gasteiger partial charge >= 0.3 is 0 Å². The fourth-order valence-corrected chi connectivity index (χ4v) is 8.87. The number of hydrogen-bond donors (Lipinski definition) is 0. The Balaban J connectivity index is 1.05. The lowest BCUT2D eigenvalue weighted by Gasteiger charge is -2.12. The Bertz CT molecular complexity index is 3570. The molecule has 8 aromatic carbocycles. The highest BCUT2D eigenvalue weighted by atomic mass is 15.2. The fraction of sp³-hybridized carbons (Fsp3) is 0. The molecule has 0 aliphatic heterocycles. The zero-order chi connectivity index (χ0) is 41.0. The zero-order valence-corrected chi connectivity index (χ0v) is 33.5. The first-order valence-corrected chi connectivity index (χ1v) is 20.8. The number of aromatic nitrogens is 6. The summed E-state index contributed by atoms with van der Waals surface area (Å²) in [6.45, 7) is 0. The number of pyridine rings is 1. The maximum atomic E-state index is 5.23. The molecule has 290 valence electrons. The van der Waals surface area contributed by atoms with Gasteiger partial charge in [0, 0.05) is 49.5 Å². The summed E-state index contributed by atoms with van der Waals surface area (Å²) in [7, 11) is 0. The second kappa shape index (κ2) is 14.7. The molecule has 0 spiro atoms. The zero-order valence-electron chi connectivity index (χ0n) is 33.5. The molecule has 6 heteroatoms. The molecule has 0 aliphatic carbocycles. The maximum absolute atomic E-state index is 5.23. The van der Waals surface area contributed by atoms with Gasteiger partial charge in [0.05, 0.1) is 33.5 Å². The van der Waals surface area contributed by atoms with Gasteiger partial charge < -0.3 is 4.57 Å². The minimum Gasteiger partial charge on any atom is -0.309 e. The summed E-state index contributed by atoms with van der Waals surface area (Å²) in [6, 6.07) is 76.2. The van der Waals surface area contributed by atoms with Crippen LogP contribution in [0.15, 0.2) is 218 Å². The fourth-order valence-electron chi connectivity index (χ4n) is 8.87. The van der Waals surface area contributed by atoms with Crippen molar-refractivity contribution in [2.24, 2.45) is 0 Å². The summed E-state index contributed by atoms with van der Waals surface area (Å²) in [5, 5.41) is 4.62. The third-order valence-corrected chi connectivity index (χ3v) is 11.8. The average Bonchev–Trinajstić information content (AvgIpc) is 3.86. The third kappa shape index (κ3) is 6.04. The van der Waals surface area contributed by atoms with Gasteiger partial charge in [-0.2, -0.15) is 9.97 Å². The number of rotatable bonds is 7. The molecule has 0 bridgehead atoms. The predicted molar refractivity (Wildman–Crippen MR) is 253 cm³/mol. The van der Waals surface area contributed by atoms with E-state index in [4.69, 9.17) is 19.9 Å². The Morgan fingerprint density at radius 2 is 0.726 bits per heavy atom. The van der Waals surface area contributed by atoms with Crippen LogP contribution in [0.5, 0.6) is 0 Å². The van der Waals surface area contributed by atoms with Gasteiger partial charge in [0.15, 0.2) is 11.6 Å². The van der Waals surface area contributed by atoms with E-state index >= 15 is 0 Å². The van der Waals surface area contributed by atoms with E-state index in [1.54, 1.807) is 0 Å². The van der Waals surface area contributed by atoms with Gasteiger partial charge in [-0.1, -0.05) is 164 Å². The van der Waals surface area contributed by atoms with Crippen LogP contribution in [0.4, 0.5) is 0 Å². The van der Waals surface area contributed by atoms with Crippen molar-refractivity contribution in [3.05, 3.63) is 218 Å². The number of fused-ring (bicyclic) bond motifs is 6. The first kappa shape index (κ1) is 35.5. The van der Waals surface area contributed by atoms with E-state index in [0.717, 1.165) is 72.2 Å². The number of para-hydroxylation sites is 2. The summed E-state index contributed by atoms with van der Waals surface area (Å²) in [5.74, 6) is 1.80. The highest BCUT2D eigenvalue weighted by molar-refractivity contribution is 6.19. The summed E-state index contributed by atoms with van der Waals surface area (Å²) < 4.78 is 4.58. The molecule has 0 aliphatic rings. The molecular formula is C56H36N6. The van der Waals surface area contributed by atoms with E-state index in [-0.39, 0.29) is 0 Å². The highest BCUT2D eigenvalue weighted by Crippen LogP contribution is 2.40. The van der Waals surface area contributed by atoms with Crippen LogP contribution in [0.25, 0.3) is 112 Å². The number of benzene rings is 8. The molecule has 0 atom stereocenters. The van der Waals surface area contributed by atoms with Crippen LogP contribution in [0.2, 0.25) is 0 Å². The van der Waals surface area contributed by atoms with E-state index in [2.05, 4.69) is 161 Å². The van der Waals surface area contributed by atoms with Crippen molar-refractivity contribution in [1.82, 2.24) is 29.1 Å². The molecule has 0 saturated carbocycles. The lowest BCUT2D eigenvalue weighted by atomic mass is 10.0. The number of hydrogen-bond acceptors (Lipinski definition) is 4. The molecule has 4 aromatic heterocycles. The van der Waals surface area contributed by atoms with Gasteiger partial charge in [0.1, 0.15) is 0 Å². The lowest BCUT2D eigenvalue weighted by Crippen LogP contribution is -2.06. The minimum atomic E-state index is 0.563. The van der Waals surface area contributed by atoms with Crippen molar-refractivity contribution in [2.45, 2.75) is 0 Å². The van der Waals surface area contributed by atoms with Gasteiger partial charge in [-0.05, 0) is 65.7 Å². The molecular weight excluding hydrogens is 757 g/mol. The molecule has 4 heterocycles. The second-order valence-corrected chi connectivity index (χ2v) is 15.5. The van der Waals surface area contributed by atoms with Crippen LogP contribution < -0.4 is 0 Å². The Morgan fingerprint density at radius 3 is 1.35 bits per heavy atom. The van der Waals surface area contributed by atoms with Gasteiger partial charge in [0.2, 0.25) is 5.95 Å². The largest absolute Gasteiger partial charge is 0.309 e.